The van der Waals surface area contributed by atoms with Gasteiger partial charge in [-0.3, -0.25) is 4.79 Å². The van der Waals surface area contributed by atoms with Gasteiger partial charge in [0, 0.05) is 5.56 Å². The number of benzene rings is 1. The second-order valence-corrected chi connectivity index (χ2v) is 4.74. The molecule has 0 saturated heterocycles. The first kappa shape index (κ1) is 14.9. The van der Waals surface area contributed by atoms with Crippen LogP contribution in [-0.2, 0) is 0 Å². The van der Waals surface area contributed by atoms with Crippen LogP contribution < -0.4 is 10.1 Å². The van der Waals surface area contributed by atoms with Crippen molar-refractivity contribution in [2.75, 3.05) is 5.32 Å². The van der Waals surface area contributed by atoms with Gasteiger partial charge in [-0.25, -0.2) is 4.79 Å². The fourth-order valence-corrected chi connectivity index (χ4v) is 2.31. The van der Waals surface area contributed by atoms with Gasteiger partial charge < -0.3 is 15.2 Å². The molecule has 0 saturated carbocycles. The minimum atomic E-state index is -2.94. The lowest BCUT2D eigenvalue weighted by atomic mass is 10.2. The quantitative estimate of drug-likeness (QED) is 0.888. The first-order chi connectivity index (χ1) is 9.97. The minimum absolute atomic E-state index is 0.00833. The second kappa shape index (κ2) is 6.31. The Morgan fingerprint density at radius 1 is 1.19 bits per heavy atom. The Morgan fingerprint density at radius 2 is 1.86 bits per heavy atom. The topological polar surface area (TPSA) is 75.6 Å². The van der Waals surface area contributed by atoms with Crippen LogP contribution in [0.25, 0.3) is 0 Å². The second-order valence-electron chi connectivity index (χ2n) is 3.83. The van der Waals surface area contributed by atoms with E-state index in [-0.39, 0.29) is 21.9 Å². The van der Waals surface area contributed by atoms with Crippen molar-refractivity contribution in [3.05, 3.63) is 46.8 Å². The zero-order valence-corrected chi connectivity index (χ0v) is 11.2. The monoisotopic (exact) mass is 313 g/mol. The van der Waals surface area contributed by atoms with Gasteiger partial charge >= 0.3 is 12.6 Å². The fraction of sp³-hybridized carbons (Fsp3) is 0.0769. The molecule has 0 radical (unpaired) electrons. The van der Waals surface area contributed by atoms with Gasteiger partial charge in [0.15, 0.2) is 0 Å². The van der Waals surface area contributed by atoms with Crippen molar-refractivity contribution in [2.24, 2.45) is 0 Å². The smallest absolute Gasteiger partial charge is 0.387 e. The Morgan fingerprint density at radius 3 is 2.43 bits per heavy atom. The van der Waals surface area contributed by atoms with Crippen molar-refractivity contribution in [3.63, 3.8) is 0 Å². The molecule has 1 aromatic heterocycles. The number of amides is 1. The molecule has 0 aliphatic rings. The van der Waals surface area contributed by atoms with Crippen LogP contribution in [-0.4, -0.2) is 23.6 Å². The summed E-state index contributed by atoms with van der Waals surface area (Å²) in [5, 5.41) is 13.1. The summed E-state index contributed by atoms with van der Waals surface area (Å²) < 4.78 is 28.2. The number of aromatic carboxylic acids is 1. The number of carbonyl (C=O) groups is 2. The Labute approximate surface area is 121 Å². The van der Waals surface area contributed by atoms with Gasteiger partial charge in [-0.1, -0.05) is 0 Å². The normalized spacial score (nSPS) is 10.4. The van der Waals surface area contributed by atoms with Crippen LogP contribution in [0.1, 0.15) is 20.7 Å². The molecular weight excluding hydrogens is 304 g/mol. The van der Waals surface area contributed by atoms with Crippen LogP contribution in [0, 0.1) is 0 Å². The van der Waals surface area contributed by atoms with Gasteiger partial charge in [-0.05, 0) is 35.7 Å². The van der Waals surface area contributed by atoms with Crippen molar-refractivity contribution in [2.45, 2.75) is 6.61 Å². The number of carboxylic acid groups (broad SMARTS) is 1. The number of hydrogen-bond donors (Lipinski definition) is 2. The number of hydrogen-bond acceptors (Lipinski definition) is 4. The number of ether oxygens (including phenoxy) is 1. The van der Waals surface area contributed by atoms with Gasteiger partial charge in [-0.2, -0.15) is 8.78 Å². The molecule has 21 heavy (non-hydrogen) atoms. The molecule has 0 spiro atoms. The van der Waals surface area contributed by atoms with E-state index in [4.69, 9.17) is 5.11 Å². The number of carboxylic acids is 1. The highest BCUT2D eigenvalue weighted by Crippen LogP contribution is 2.24. The number of carbonyl (C=O) groups excluding carboxylic acids is 1. The summed E-state index contributed by atoms with van der Waals surface area (Å²) >= 11 is 1.08. The number of nitrogens with one attached hydrogen (secondary N) is 1. The third-order valence-electron chi connectivity index (χ3n) is 2.46. The summed E-state index contributed by atoms with van der Waals surface area (Å²) in [5.41, 5.74) is 0.187. The predicted molar refractivity (Wildman–Crippen MR) is 72.3 cm³/mol. The van der Waals surface area contributed by atoms with Crippen molar-refractivity contribution in [1.29, 1.82) is 0 Å². The summed E-state index contributed by atoms with van der Waals surface area (Å²) in [4.78, 5) is 22.9. The van der Waals surface area contributed by atoms with Crippen LogP contribution in [0.3, 0.4) is 0 Å². The van der Waals surface area contributed by atoms with Crippen LogP contribution in [0.5, 0.6) is 5.75 Å². The largest absolute Gasteiger partial charge is 0.478 e. The lowest BCUT2D eigenvalue weighted by Crippen LogP contribution is -2.13. The van der Waals surface area contributed by atoms with E-state index >= 15 is 0 Å². The van der Waals surface area contributed by atoms with Crippen LogP contribution >= 0.6 is 11.3 Å². The molecule has 1 amide bonds. The van der Waals surface area contributed by atoms with Gasteiger partial charge in [0.05, 0.1) is 5.56 Å². The molecule has 1 heterocycles. The van der Waals surface area contributed by atoms with E-state index < -0.39 is 18.5 Å². The summed E-state index contributed by atoms with van der Waals surface area (Å²) in [6.45, 7) is -2.94. The number of rotatable bonds is 5. The maximum absolute atomic E-state index is 12.0. The predicted octanol–water partition coefficient (Wildman–Crippen LogP) is 3.30. The average Bonchev–Trinajstić information content (AvgIpc) is 2.87. The first-order valence-corrected chi connectivity index (χ1v) is 6.52. The van der Waals surface area contributed by atoms with Crippen LogP contribution in [0.2, 0.25) is 0 Å². The molecule has 0 unspecified atom stereocenters. The fourth-order valence-electron chi connectivity index (χ4n) is 1.54. The first-order valence-electron chi connectivity index (χ1n) is 5.64. The molecule has 5 nitrogen and oxygen atoms in total. The third kappa shape index (κ3) is 3.76. The summed E-state index contributed by atoms with van der Waals surface area (Å²) in [6.07, 6.45) is 0. The van der Waals surface area contributed by atoms with E-state index in [1.807, 2.05) is 0 Å². The molecule has 2 rings (SSSR count). The summed E-state index contributed by atoms with van der Waals surface area (Å²) in [6, 6.07) is 6.45. The van der Waals surface area contributed by atoms with Gasteiger partial charge in [0.25, 0.3) is 5.91 Å². The number of halogens is 2. The standard InChI is InChI=1S/C13H9F2NO4S/c14-13(15)20-8-3-1-7(2-4-8)10(17)16-11-9(12(18)19)5-6-21-11/h1-6,13H,(H,16,17)(H,18,19). The lowest BCUT2D eigenvalue weighted by Gasteiger charge is -2.06. The highest BCUT2D eigenvalue weighted by atomic mass is 32.1. The van der Waals surface area contributed by atoms with E-state index in [0.29, 0.717) is 0 Å². The molecule has 0 fully saturated rings. The molecule has 2 aromatic rings. The molecule has 0 aliphatic carbocycles. The molecule has 8 heteroatoms. The average molecular weight is 313 g/mol. The van der Waals surface area contributed by atoms with E-state index in [1.165, 1.54) is 30.3 Å². The summed E-state index contributed by atoms with van der Waals surface area (Å²) in [5.74, 6) is -1.75. The Bertz CT molecular complexity index is 654. The Kier molecular flexibility index (Phi) is 4.49. The van der Waals surface area contributed by atoms with Crippen molar-refractivity contribution in [1.82, 2.24) is 0 Å². The molecule has 0 aliphatic heterocycles. The Hall–Kier alpha value is -2.48. The number of thiophene rings is 1. The van der Waals surface area contributed by atoms with Crippen LogP contribution in [0.4, 0.5) is 13.8 Å². The van der Waals surface area contributed by atoms with Gasteiger partial charge in [0.1, 0.15) is 10.8 Å². The Balaban J connectivity index is 2.10. The van der Waals surface area contributed by atoms with E-state index in [0.717, 1.165) is 11.3 Å². The van der Waals surface area contributed by atoms with Gasteiger partial charge in [0.2, 0.25) is 0 Å². The molecule has 1 aromatic carbocycles. The lowest BCUT2D eigenvalue weighted by molar-refractivity contribution is -0.0498. The molecular formula is C13H9F2NO4S. The molecule has 0 atom stereocenters. The maximum Gasteiger partial charge on any atom is 0.387 e. The SMILES string of the molecule is O=C(Nc1sccc1C(=O)O)c1ccc(OC(F)F)cc1. The van der Waals surface area contributed by atoms with Crippen LogP contribution in [0.15, 0.2) is 35.7 Å². The van der Waals surface area contributed by atoms with Gasteiger partial charge in [-0.15, -0.1) is 11.3 Å². The van der Waals surface area contributed by atoms with E-state index in [9.17, 15) is 18.4 Å². The molecule has 0 bridgehead atoms. The van der Waals surface area contributed by atoms with Crippen molar-refractivity contribution in [3.8, 4) is 5.75 Å². The highest BCUT2D eigenvalue weighted by molar-refractivity contribution is 7.14. The van der Waals surface area contributed by atoms with Crippen molar-refractivity contribution >= 4 is 28.2 Å². The zero-order valence-electron chi connectivity index (χ0n) is 10.4. The van der Waals surface area contributed by atoms with Crippen molar-refractivity contribution < 1.29 is 28.2 Å². The maximum atomic E-state index is 12.0. The highest BCUT2D eigenvalue weighted by Gasteiger charge is 2.15. The molecule has 2 N–H and O–H groups in total. The number of alkyl halides is 2. The molecule has 110 valence electrons. The summed E-state index contributed by atoms with van der Waals surface area (Å²) in [7, 11) is 0. The third-order valence-corrected chi connectivity index (χ3v) is 3.29. The number of anilines is 1. The van der Waals surface area contributed by atoms with E-state index in [2.05, 4.69) is 10.1 Å². The van der Waals surface area contributed by atoms with E-state index in [1.54, 1.807) is 5.38 Å². The zero-order chi connectivity index (χ0) is 15.4. The minimum Gasteiger partial charge on any atom is -0.478 e.